The van der Waals surface area contributed by atoms with E-state index in [0.717, 1.165) is 19.5 Å². The number of nitrogens with one attached hydrogen (secondary N) is 1. The number of oxime groups is 1. The zero-order chi connectivity index (χ0) is 12.3. The molecule has 2 fully saturated rings. The highest BCUT2D eigenvalue weighted by molar-refractivity contribution is 5.80. The topological polar surface area (TPSA) is 73.9 Å². The van der Waals surface area contributed by atoms with Gasteiger partial charge in [0.2, 0.25) is 0 Å². The van der Waals surface area contributed by atoms with E-state index in [1.165, 1.54) is 32.2 Å². The molecule has 1 saturated carbocycles. The molecule has 1 aliphatic carbocycles. The molecule has 1 aliphatic heterocycles. The molecule has 2 rings (SSSR count). The van der Waals surface area contributed by atoms with Gasteiger partial charge in [-0.2, -0.15) is 0 Å². The predicted molar refractivity (Wildman–Crippen MR) is 68.2 cm³/mol. The van der Waals surface area contributed by atoms with Crippen LogP contribution in [0.2, 0.25) is 0 Å². The molecular weight excluding hydrogens is 216 g/mol. The number of likely N-dealkylation sites (N-methyl/N-ethyl adjacent to an activating group) is 1. The highest BCUT2D eigenvalue weighted by Gasteiger charge is 2.43. The molecule has 1 unspecified atom stereocenters. The van der Waals surface area contributed by atoms with Crippen molar-refractivity contribution < 1.29 is 5.21 Å². The summed E-state index contributed by atoms with van der Waals surface area (Å²) >= 11 is 0. The first-order chi connectivity index (χ1) is 8.15. The van der Waals surface area contributed by atoms with Crippen LogP contribution in [0.3, 0.4) is 0 Å². The molecule has 1 saturated heterocycles. The molecule has 0 radical (unpaired) electrons. The van der Waals surface area contributed by atoms with Crippen LogP contribution < -0.4 is 11.1 Å². The van der Waals surface area contributed by atoms with Crippen LogP contribution >= 0.6 is 0 Å². The minimum absolute atomic E-state index is 0.271. The molecule has 0 amide bonds. The van der Waals surface area contributed by atoms with Gasteiger partial charge < -0.3 is 21.2 Å². The molecule has 0 aromatic carbocycles. The highest BCUT2D eigenvalue weighted by Crippen LogP contribution is 2.48. The van der Waals surface area contributed by atoms with Gasteiger partial charge >= 0.3 is 0 Å². The van der Waals surface area contributed by atoms with E-state index in [1.54, 1.807) is 0 Å². The highest BCUT2D eigenvalue weighted by atomic mass is 16.4. The Morgan fingerprint density at radius 1 is 1.59 bits per heavy atom. The van der Waals surface area contributed by atoms with Crippen molar-refractivity contribution in [1.82, 2.24) is 10.2 Å². The van der Waals surface area contributed by atoms with Crippen LogP contribution in [-0.2, 0) is 0 Å². The number of hydrogen-bond acceptors (Lipinski definition) is 4. The quantitative estimate of drug-likeness (QED) is 0.275. The number of likely N-dealkylation sites (tertiary alicyclic amines) is 1. The zero-order valence-corrected chi connectivity index (χ0v) is 10.7. The summed E-state index contributed by atoms with van der Waals surface area (Å²) in [6.45, 7) is 3.28. The first kappa shape index (κ1) is 12.6. The molecule has 4 N–H and O–H groups in total. The van der Waals surface area contributed by atoms with E-state index in [9.17, 15) is 0 Å². The van der Waals surface area contributed by atoms with Crippen molar-refractivity contribution in [2.75, 3.05) is 26.7 Å². The first-order valence-electron chi connectivity index (χ1n) is 6.53. The lowest BCUT2D eigenvalue weighted by Crippen LogP contribution is -2.38. The van der Waals surface area contributed by atoms with E-state index in [0.29, 0.717) is 11.9 Å². The molecule has 0 aromatic heterocycles. The Bertz CT molecular complexity index is 288. The third kappa shape index (κ3) is 3.33. The average molecular weight is 240 g/mol. The minimum Gasteiger partial charge on any atom is -0.409 e. The summed E-state index contributed by atoms with van der Waals surface area (Å²) in [6, 6.07) is 0.689. The Morgan fingerprint density at radius 2 is 2.35 bits per heavy atom. The Balaban J connectivity index is 1.68. The molecule has 5 nitrogen and oxygen atoms in total. The second kappa shape index (κ2) is 5.23. The number of nitrogens with zero attached hydrogens (tertiary/aromatic N) is 2. The van der Waals surface area contributed by atoms with Crippen LogP contribution in [0.25, 0.3) is 0 Å². The predicted octanol–water partition coefficient (Wildman–Crippen LogP) is 0.587. The second-order valence-electron chi connectivity index (χ2n) is 5.68. The van der Waals surface area contributed by atoms with Crippen molar-refractivity contribution >= 4 is 5.84 Å². The molecule has 0 bridgehead atoms. The molecular formula is C12H24N4O. The summed E-state index contributed by atoms with van der Waals surface area (Å²) in [7, 11) is 2.20. The molecule has 0 aromatic rings. The number of rotatable bonds is 6. The normalized spacial score (nSPS) is 28.5. The van der Waals surface area contributed by atoms with Crippen LogP contribution in [0.1, 0.15) is 32.1 Å². The maximum atomic E-state index is 8.59. The fourth-order valence-electron chi connectivity index (χ4n) is 2.75. The van der Waals surface area contributed by atoms with Crippen molar-refractivity contribution in [2.24, 2.45) is 16.3 Å². The van der Waals surface area contributed by atoms with Crippen LogP contribution in [0.15, 0.2) is 5.16 Å². The van der Waals surface area contributed by atoms with Crippen LogP contribution in [-0.4, -0.2) is 48.7 Å². The third-order valence-electron chi connectivity index (χ3n) is 4.19. The first-order valence-corrected chi connectivity index (χ1v) is 6.53. The van der Waals surface area contributed by atoms with Crippen molar-refractivity contribution in [3.8, 4) is 0 Å². The lowest BCUT2D eigenvalue weighted by molar-refractivity contribution is 0.292. The Kier molecular flexibility index (Phi) is 3.89. The maximum absolute atomic E-state index is 8.59. The summed E-state index contributed by atoms with van der Waals surface area (Å²) in [4.78, 5) is 2.43. The second-order valence-corrected chi connectivity index (χ2v) is 5.68. The average Bonchev–Trinajstić information content (AvgIpc) is 2.95. The fourth-order valence-corrected chi connectivity index (χ4v) is 2.75. The molecule has 98 valence electrons. The summed E-state index contributed by atoms with van der Waals surface area (Å²) in [5.74, 6) is 0.363. The van der Waals surface area contributed by atoms with E-state index in [4.69, 9.17) is 10.9 Å². The standard InChI is InChI=1S/C12H24N4O/c1-16-6-2-3-10(16)8-14-9-12(4-5-12)7-11(13)15-17/h10,14,17H,2-9H2,1H3,(H2,13,15). The Hall–Kier alpha value is -0.810. The van der Waals surface area contributed by atoms with Gasteiger partial charge in [-0.1, -0.05) is 5.16 Å². The van der Waals surface area contributed by atoms with Crippen molar-refractivity contribution in [1.29, 1.82) is 0 Å². The SMILES string of the molecule is CN1CCCC1CNCC1(CC(N)=NO)CC1. The molecule has 1 atom stereocenters. The van der Waals surface area contributed by atoms with Crippen LogP contribution in [0.5, 0.6) is 0 Å². The van der Waals surface area contributed by atoms with Crippen LogP contribution in [0, 0.1) is 5.41 Å². The molecule has 17 heavy (non-hydrogen) atoms. The van der Waals surface area contributed by atoms with Gasteiger partial charge in [-0.3, -0.25) is 0 Å². The smallest absolute Gasteiger partial charge is 0.139 e. The summed E-state index contributed by atoms with van der Waals surface area (Å²) in [5, 5.41) is 15.2. The van der Waals surface area contributed by atoms with Gasteiger partial charge in [-0.15, -0.1) is 0 Å². The molecule has 5 heteroatoms. The summed E-state index contributed by atoms with van der Waals surface area (Å²) in [6.07, 6.45) is 5.72. The van der Waals surface area contributed by atoms with E-state index in [-0.39, 0.29) is 5.41 Å². The Morgan fingerprint density at radius 3 is 2.88 bits per heavy atom. The molecule has 2 aliphatic rings. The van der Waals surface area contributed by atoms with Gasteiger partial charge in [-0.05, 0) is 44.7 Å². The lowest BCUT2D eigenvalue weighted by atomic mass is 10.0. The van der Waals surface area contributed by atoms with Crippen molar-refractivity contribution in [2.45, 2.75) is 38.1 Å². The van der Waals surface area contributed by atoms with E-state index in [2.05, 4.69) is 22.4 Å². The summed E-state index contributed by atoms with van der Waals surface area (Å²) < 4.78 is 0. The Labute approximate surface area is 103 Å². The minimum atomic E-state index is 0.271. The van der Waals surface area contributed by atoms with Crippen molar-refractivity contribution in [3.05, 3.63) is 0 Å². The fraction of sp³-hybridized carbons (Fsp3) is 0.917. The van der Waals surface area contributed by atoms with E-state index >= 15 is 0 Å². The zero-order valence-electron chi connectivity index (χ0n) is 10.7. The van der Waals surface area contributed by atoms with Crippen LogP contribution in [0.4, 0.5) is 0 Å². The van der Waals surface area contributed by atoms with Gasteiger partial charge in [0.1, 0.15) is 5.84 Å². The van der Waals surface area contributed by atoms with E-state index in [1.807, 2.05) is 0 Å². The largest absolute Gasteiger partial charge is 0.409 e. The monoisotopic (exact) mass is 240 g/mol. The van der Waals surface area contributed by atoms with E-state index < -0.39 is 0 Å². The lowest BCUT2D eigenvalue weighted by Gasteiger charge is -2.22. The van der Waals surface area contributed by atoms with Gasteiger partial charge in [0.25, 0.3) is 0 Å². The van der Waals surface area contributed by atoms with Gasteiger partial charge in [-0.25, -0.2) is 0 Å². The van der Waals surface area contributed by atoms with Gasteiger partial charge in [0.05, 0.1) is 0 Å². The number of amidine groups is 1. The maximum Gasteiger partial charge on any atom is 0.139 e. The number of nitrogens with two attached hydrogens (primary N) is 1. The van der Waals surface area contributed by atoms with Crippen molar-refractivity contribution in [3.63, 3.8) is 0 Å². The molecule has 1 heterocycles. The third-order valence-corrected chi connectivity index (χ3v) is 4.19. The molecule has 0 spiro atoms. The number of hydrogen-bond donors (Lipinski definition) is 3. The van der Waals surface area contributed by atoms with Gasteiger partial charge in [0, 0.05) is 25.6 Å². The summed E-state index contributed by atoms with van der Waals surface area (Å²) in [5.41, 5.74) is 5.85. The van der Waals surface area contributed by atoms with Gasteiger partial charge in [0.15, 0.2) is 0 Å².